The van der Waals surface area contributed by atoms with Crippen molar-refractivity contribution in [1.29, 1.82) is 0 Å². The molecule has 24 heavy (non-hydrogen) atoms. The molecule has 2 rings (SSSR count). The van der Waals surface area contributed by atoms with Gasteiger partial charge in [0.05, 0.1) is 12.3 Å². The maximum absolute atomic E-state index is 12.1. The molecular weight excluding hydrogens is 398 g/mol. The summed E-state index contributed by atoms with van der Waals surface area (Å²) >= 11 is 9.34. The summed E-state index contributed by atoms with van der Waals surface area (Å²) in [4.78, 5) is 12.1. The van der Waals surface area contributed by atoms with Crippen molar-refractivity contribution in [1.82, 2.24) is 0 Å². The van der Waals surface area contributed by atoms with Crippen LogP contribution in [0.1, 0.15) is 12.5 Å². The van der Waals surface area contributed by atoms with Crippen LogP contribution in [0.25, 0.3) is 0 Å². The minimum Gasteiger partial charge on any atom is -0.392 e. The van der Waals surface area contributed by atoms with Crippen LogP contribution in [0.5, 0.6) is 0 Å². The summed E-state index contributed by atoms with van der Waals surface area (Å²) in [5.41, 5.74) is 2.02. The number of hydrogen-bond donors (Lipinski definition) is 4. The lowest BCUT2D eigenvalue weighted by molar-refractivity contribution is 0.259. The van der Waals surface area contributed by atoms with Crippen molar-refractivity contribution in [2.75, 3.05) is 22.2 Å². The van der Waals surface area contributed by atoms with Crippen LogP contribution in [-0.4, -0.2) is 22.9 Å². The van der Waals surface area contributed by atoms with Crippen LogP contribution in [0.2, 0.25) is 5.02 Å². The number of nitrogens with one attached hydrogen (secondary N) is 2. The molecular formula is C16H17BrClN3O3. The predicted octanol–water partition coefficient (Wildman–Crippen LogP) is 4.45. The average Bonchev–Trinajstić information content (AvgIpc) is 2.54. The van der Waals surface area contributed by atoms with Gasteiger partial charge in [0.25, 0.3) is 0 Å². The normalized spacial score (nSPS) is 10.4. The van der Waals surface area contributed by atoms with Gasteiger partial charge in [0, 0.05) is 33.0 Å². The summed E-state index contributed by atoms with van der Waals surface area (Å²) in [6.45, 7) is 1.97. The Bertz CT molecular complexity index is 743. The Morgan fingerprint density at radius 1 is 1.29 bits per heavy atom. The van der Waals surface area contributed by atoms with E-state index in [1.807, 2.05) is 6.92 Å². The van der Waals surface area contributed by atoms with Gasteiger partial charge in [-0.15, -0.1) is 0 Å². The number of urea groups is 1. The highest BCUT2D eigenvalue weighted by atomic mass is 79.9. The Hall–Kier alpha value is -1.80. The highest BCUT2D eigenvalue weighted by Crippen LogP contribution is 2.29. The van der Waals surface area contributed by atoms with Crippen LogP contribution >= 0.6 is 27.5 Å². The zero-order valence-electron chi connectivity index (χ0n) is 12.9. The van der Waals surface area contributed by atoms with Gasteiger partial charge in [0.1, 0.15) is 0 Å². The molecule has 0 saturated heterocycles. The van der Waals surface area contributed by atoms with E-state index in [9.17, 15) is 15.1 Å². The average molecular weight is 415 g/mol. The number of anilines is 3. The van der Waals surface area contributed by atoms with E-state index in [0.717, 1.165) is 5.06 Å². The molecule has 0 saturated carbocycles. The highest BCUT2D eigenvalue weighted by Gasteiger charge is 2.11. The molecule has 0 radical (unpaired) electrons. The molecule has 0 atom stereocenters. The van der Waals surface area contributed by atoms with E-state index in [-0.39, 0.29) is 6.61 Å². The van der Waals surface area contributed by atoms with E-state index >= 15 is 0 Å². The second kappa shape index (κ2) is 8.34. The highest BCUT2D eigenvalue weighted by molar-refractivity contribution is 9.10. The van der Waals surface area contributed by atoms with Crippen molar-refractivity contribution in [3.8, 4) is 0 Å². The number of nitrogens with zero attached hydrogens (tertiary/aromatic N) is 1. The molecule has 2 amide bonds. The number of benzene rings is 2. The summed E-state index contributed by atoms with van der Waals surface area (Å²) in [5.74, 6) is 0. The number of carbonyl (C=O) groups excluding carboxylic acids is 1. The lowest BCUT2D eigenvalue weighted by Gasteiger charge is -2.17. The van der Waals surface area contributed by atoms with Crippen molar-refractivity contribution in [3.63, 3.8) is 0 Å². The van der Waals surface area contributed by atoms with Gasteiger partial charge in [-0.3, -0.25) is 10.3 Å². The van der Waals surface area contributed by atoms with Crippen molar-refractivity contribution in [3.05, 3.63) is 51.5 Å². The van der Waals surface area contributed by atoms with Gasteiger partial charge in [-0.25, -0.2) is 4.79 Å². The van der Waals surface area contributed by atoms with Crippen LogP contribution in [0.15, 0.2) is 40.9 Å². The van der Waals surface area contributed by atoms with E-state index < -0.39 is 6.03 Å². The van der Waals surface area contributed by atoms with Gasteiger partial charge in [-0.2, -0.15) is 0 Å². The first kappa shape index (κ1) is 18.5. The minimum absolute atomic E-state index is 0.279. The van der Waals surface area contributed by atoms with Gasteiger partial charge < -0.3 is 15.7 Å². The Labute approximate surface area is 153 Å². The van der Waals surface area contributed by atoms with E-state index in [0.29, 0.717) is 38.7 Å². The lowest BCUT2D eigenvalue weighted by Crippen LogP contribution is -2.21. The number of hydroxylamine groups is 1. The largest absolute Gasteiger partial charge is 0.392 e. The van der Waals surface area contributed by atoms with E-state index in [4.69, 9.17) is 11.6 Å². The molecule has 0 heterocycles. The standard InChI is InChI=1S/C16H17BrClN3O3/c1-2-21(24)15-7-6-10(8-12(15)17)19-16(23)20-14-5-3-4-13(18)11(14)9-22/h3-8,22,24H,2,9H2,1H3,(H2,19,20,23). The summed E-state index contributed by atoms with van der Waals surface area (Å²) in [6.07, 6.45) is 0. The van der Waals surface area contributed by atoms with Crippen LogP contribution in [-0.2, 0) is 6.61 Å². The summed E-state index contributed by atoms with van der Waals surface area (Å²) < 4.78 is 0.642. The molecule has 0 spiro atoms. The summed E-state index contributed by atoms with van der Waals surface area (Å²) in [7, 11) is 0. The molecule has 0 aliphatic rings. The predicted molar refractivity (Wildman–Crippen MR) is 99.0 cm³/mol. The molecule has 6 nitrogen and oxygen atoms in total. The van der Waals surface area contributed by atoms with Gasteiger partial charge in [-0.1, -0.05) is 17.7 Å². The molecule has 8 heteroatoms. The molecule has 0 aromatic heterocycles. The number of aliphatic hydroxyl groups excluding tert-OH is 1. The maximum atomic E-state index is 12.1. The Morgan fingerprint density at radius 3 is 2.67 bits per heavy atom. The lowest BCUT2D eigenvalue weighted by atomic mass is 10.2. The van der Waals surface area contributed by atoms with Crippen LogP contribution < -0.4 is 15.7 Å². The number of aliphatic hydroxyl groups is 1. The van der Waals surface area contributed by atoms with Crippen molar-refractivity contribution in [2.24, 2.45) is 0 Å². The van der Waals surface area contributed by atoms with Crippen LogP contribution in [0.4, 0.5) is 21.9 Å². The third-order valence-electron chi connectivity index (χ3n) is 3.31. The molecule has 128 valence electrons. The zero-order chi connectivity index (χ0) is 17.7. The first-order valence-corrected chi connectivity index (χ1v) is 8.35. The Morgan fingerprint density at radius 2 is 2.04 bits per heavy atom. The number of hydrogen-bond acceptors (Lipinski definition) is 4. The van der Waals surface area contributed by atoms with Gasteiger partial charge >= 0.3 is 6.03 Å². The van der Waals surface area contributed by atoms with Gasteiger partial charge in [0.2, 0.25) is 0 Å². The van der Waals surface area contributed by atoms with Gasteiger partial charge in [-0.05, 0) is 53.2 Å². The fraction of sp³-hybridized carbons (Fsp3) is 0.188. The number of rotatable bonds is 5. The molecule has 4 N–H and O–H groups in total. The maximum Gasteiger partial charge on any atom is 0.323 e. The zero-order valence-corrected chi connectivity index (χ0v) is 15.2. The number of amides is 2. The quantitative estimate of drug-likeness (QED) is 0.544. The summed E-state index contributed by atoms with van der Waals surface area (Å²) in [6, 6.07) is 9.54. The van der Waals surface area contributed by atoms with Crippen molar-refractivity contribution in [2.45, 2.75) is 13.5 Å². The van der Waals surface area contributed by atoms with E-state index in [1.165, 1.54) is 0 Å². The fourth-order valence-electron chi connectivity index (χ4n) is 2.09. The second-order valence-corrected chi connectivity index (χ2v) is 6.15. The van der Waals surface area contributed by atoms with E-state index in [1.54, 1.807) is 36.4 Å². The first-order chi connectivity index (χ1) is 11.5. The minimum atomic E-state index is -0.469. The third kappa shape index (κ3) is 4.39. The molecule has 2 aromatic rings. The molecule has 0 unspecified atom stereocenters. The second-order valence-electron chi connectivity index (χ2n) is 4.89. The number of carbonyl (C=O) groups is 1. The Kier molecular flexibility index (Phi) is 6.44. The molecule has 0 aliphatic heterocycles. The SMILES string of the molecule is CCN(O)c1ccc(NC(=O)Nc2cccc(Cl)c2CO)cc1Br. The van der Waals surface area contributed by atoms with Crippen LogP contribution in [0, 0.1) is 0 Å². The topological polar surface area (TPSA) is 84.8 Å². The van der Waals surface area contributed by atoms with Crippen molar-refractivity contribution >= 4 is 50.6 Å². The summed E-state index contributed by atoms with van der Waals surface area (Å²) in [5, 5.41) is 25.9. The molecule has 0 fully saturated rings. The molecule has 2 aromatic carbocycles. The van der Waals surface area contributed by atoms with E-state index in [2.05, 4.69) is 26.6 Å². The van der Waals surface area contributed by atoms with Gasteiger partial charge in [0.15, 0.2) is 0 Å². The third-order valence-corrected chi connectivity index (χ3v) is 4.30. The fourth-order valence-corrected chi connectivity index (χ4v) is 2.90. The molecule has 0 bridgehead atoms. The Balaban J connectivity index is 2.11. The number of halogens is 2. The van der Waals surface area contributed by atoms with Crippen LogP contribution in [0.3, 0.4) is 0 Å². The smallest absolute Gasteiger partial charge is 0.323 e. The monoisotopic (exact) mass is 413 g/mol. The first-order valence-electron chi connectivity index (χ1n) is 7.18. The van der Waals surface area contributed by atoms with Crippen molar-refractivity contribution < 1.29 is 15.1 Å². The molecule has 0 aliphatic carbocycles.